The molecule has 0 saturated heterocycles. The topological polar surface area (TPSA) is 26.0 Å². The first-order valence-electron chi connectivity index (χ1n) is 5.26. The van der Waals surface area contributed by atoms with Crippen LogP contribution in [0.3, 0.4) is 0 Å². The number of rotatable bonds is 1. The minimum atomic E-state index is -0.266. The van der Waals surface area contributed by atoms with Crippen LogP contribution in [0.25, 0.3) is 10.8 Å². The van der Waals surface area contributed by atoms with Crippen molar-refractivity contribution in [2.24, 2.45) is 5.73 Å². The van der Waals surface area contributed by atoms with Crippen molar-refractivity contribution in [3.63, 3.8) is 0 Å². The predicted molar refractivity (Wildman–Crippen MR) is 65.9 cm³/mol. The highest BCUT2D eigenvalue weighted by Gasteiger charge is 2.13. The van der Waals surface area contributed by atoms with Crippen LogP contribution in [0, 0.1) is 6.92 Å². The molecule has 0 fully saturated rings. The van der Waals surface area contributed by atoms with E-state index < -0.39 is 0 Å². The second-order valence-corrected chi connectivity index (χ2v) is 4.79. The first kappa shape index (κ1) is 10.2. The summed E-state index contributed by atoms with van der Waals surface area (Å²) in [4.78, 5) is 0. The second-order valence-electron chi connectivity index (χ2n) is 4.79. The summed E-state index contributed by atoms with van der Waals surface area (Å²) < 4.78 is 0. The van der Waals surface area contributed by atoms with Crippen molar-refractivity contribution in [1.82, 2.24) is 0 Å². The fraction of sp³-hybridized carbons (Fsp3) is 0.286. The van der Waals surface area contributed by atoms with Crippen LogP contribution in [0.2, 0.25) is 0 Å². The minimum Gasteiger partial charge on any atom is -0.322 e. The average molecular weight is 199 g/mol. The summed E-state index contributed by atoms with van der Waals surface area (Å²) >= 11 is 0. The van der Waals surface area contributed by atoms with E-state index in [9.17, 15) is 0 Å². The van der Waals surface area contributed by atoms with Gasteiger partial charge in [-0.1, -0.05) is 35.9 Å². The minimum absolute atomic E-state index is 0.266. The average Bonchev–Trinajstić information content (AvgIpc) is 2.15. The van der Waals surface area contributed by atoms with Gasteiger partial charge in [0.25, 0.3) is 0 Å². The molecule has 0 heterocycles. The summed E-state index contributed by atoms with van der Waals surface area (Å²) in [7, 11) is 0. The van der Waals surface area contributed by atoms with Gasteiger partial charge in [0.2, 0.25) is 0 Å². The van der Waals surface area contributed by atoms with Crippen molar-refractivity contribution in [3.05, 3.63) is 47.5 Å². The Kier molecular flexibility index (Phi) is 2.28. The van der Waals surface area contributed by atoms with Gasteiger partial charge in [-0.3, -0.25) is 0 Å². The first-order valence-corrected chi connectivity index (χ1v) is 5.26. The van der Waals surface area contributed by atoms with Crippen molar-refractivity contribution >= 4 is 10.8 Å². The lowest BCUT2D eigenvalue weighted by atomic mass is 9.93. The quantitative estimate of drug-likeness (QED) is 0.749. The summed E-state index contributed by atoms with van der Waals surface area (Å²) in [6.45, 7) is 6.17. The first-order chi connectivity index (χ1) is 6.97. The van der Waals surface area contributed by atoms with Gasteiger partial charge < -0.3 is 5.73 Å². The summed E-state index contributed by atoms with van der Waals surface area (Å²) in [6.07, 6.45) is 0. The number of fused-ring (bicyclic) bond motifs is 1. The summed E-state index contributed by atoms with van der Waals surface area (Å²) in [6, 6.07) is 12.9. The highest BCUT2D eigenvalue weighted by atomic mass is 14.7. The van der Waals surface area contributed by atoms with Crippen LogP contribution in [0.4, 0.5) is 0 Å². The van der Waals surface area contributed by atoms with Crippen molar-refractivity contribution in [3.8, 4) is 0 Å². The lowest BCUT2D eigenvalue weighted by Crippen LogP contribution is -2.28. The zero-order valence-electron chi connectivity index (χ0n) is 9.54. The maximum atomic E-state index is 6.09. The molecule has 0 bridgehead atoms. The molecule has 2 aromatic carbocycles. The molecule has 0 radical (unpaired) electrons. The SMILES string of the molecule is Cc1ccc2ccc(C(C)(C)N)cc2c1. The molecular formula is C14H17N. The van der Waals surface area contributed by atoms with E-state index in [0.29, 0.717) is 0 Å². The fourth-order valence-corrected chi connectivity index (χ4v) is 1.77. The van der Waals surface area contributed by atoms with Gasteiger partial charge in [0.1, 0.15) is 0 Å². The third-order valence-corrected chi connectivity index (χ3v) is 2.74. The van der Waals surface area contributed by atoms with E-state index in [4.69, 9.17) is 5.73 Å². The van der Waals surface area contributed by atoms with Gasteiger partial charge in [-0.25, -0.2) is 0 Å². The van der Waals surface area contributed by atoms with E-state index in [0.717, 1.165) is 0 Å². The Balaban J connectivity index is 2.64. The van der Waals surface area contributed by atoms with Gasteiger partial charge in [-0.05, 0) is 43.2 Å². The molecule has 0 aliphatic heterocycles. The molecular weight excluding hydrogens is 182 g/mol. The second kappa shape index (κ2) is 3.35. The molecule has 0 atom stereocenters. The number of nitrogens with two attached hydrogens (primary N) is 1. The van der Waals surface area contributed by atoms with Gasteiger partial charge in [0.15, 0.2) is 0 Å². The molecule has 0 amide bonds. The molecule has 1 heteroatoms. The standard InChI is InChI=1S/C14H17N/c1-10-4-5-11-6-7-13(14(2,3)15)9-12(11)8-10/h4-9H,15H2,1-3H3. The van der Waals surface area contributed by atoms with Crippen molar-refractivity contribution in [2.75, 3.05) is 0 Å². The summed E-state index contributed by atoms with van der Waals surface area (Å²) in [5, 5.41) is 2.54. The van der Waals surface area contributed by atoms with Crippen LogP contribution in [0.1, 0.15) is 25.0 Å². The molecule has 0 saturated carbocycles. The van der Waals surface area contributed by atoms with Gasteiger partial charge >= 0.3 is 0 Å². The van der Waals surface area contributed by atoms with Crippen molar-refractivity contribution < 1.29 is 0 Å². The van der Waals surface area contributed by atoms with Gasteiger partial charge in [-0.15, -0.1) is 0 Å². The Labute approximate surface area is 90.9 Å². The van der Waals surface area contributed by atoms with Crippen LogP contribution in [0.15, 0.2) is 36.4 Å². The van der Waals surface area contributed by atoms with Crippen molar-refractivity contribution in [1.29, 1.82) is 0 Å². The molecule has 1 nitrogen and oxygen atoms in total. The smallest absolute Gasteiger partial charge is 0.0352 e. The predicted octanol–water partition coefficient (Wildman–Crippen LogP) is 3.34. The molecule has 2 aromatic rings. The molecule has 0 spiro atoms. The van der Waals surface area contributed by atoms with E-state index in [1.807, 2.05) is 13.8 Å². The fourth-order valence-electron chi connectivity index (χ4n) is 1.77. The molecule has 0 aliphatic rings. The molecule has 78 valence electrons. The number of hydrogen-bond acceptors (Lipinski definition) is 1. The Morgan fingerprint density at radius 2 is 1.60 bits per heavy atom. The largest absolute Gasteiger partial charge is 0.322 e. The highest BCUT2D eigenvalue weighted by molar-refractivity contribution is 5.84. The normalized spacial score (nSPS) is 12.0. The van der Waals surface area contributed by atoms with E-state index in [2.05, 4.69) is 43.3 Å². The lowest BCUT2D eigenvalue weighted by Gasteiger charge is -2.19. The zero-order valence-corrected chi connectivity index (χ0v) is 9.54. The molecule has 15 heavy (non-hydrogen) atoms. The maximum absolute atomic E-state index is 6.09. The van der Waals surface area contributed by atoms with Crippen LogP contribution in [-0.2, 0) is 5.54 Å². The van der Waals surface area contributed by atoms with Gasteiger partial charge in [0, 0.05) is 5.54 Å². The molecule has 2 rings (SSSR count). The molecule has 0 aromatic heterocycles. The highest BCUT2D eigenvalue weighted by Crippen LogP contribution is 2.23. The van der Waals surface area contributed by atoms with Gasteiger partial charge in [0.05, 0.1) is 0 Å². The molecule has 0 aliphatic carbocycles. The summed E-state index contributed by atoms with van der Waals surface area (Å²) in [5.74, 6) is 0. The van der Waals surface area contributed by atoms with Gasteiger partial charge in [-0.2, -0.15) is 0 Å². The maximum Gasteiger partial charge on any atom is 0.0352 e. The Hall–Kier alpha value is -1.34. The Morgan fingerprint density at radius 1 is 0.933 bits per heavy atom. The number of aryl methyl sites for hydroxylation is 1. The van der Waals surface area contributed by atoms with E-state index in [-0.39, 0.29) is 5.54 Å². The van der Waals surface area contributed by atoms with E-state index in [1.165, 1.54) is 21.9 Å². The Morgan fingerprint density at radius 3 is 2.27 bits per heavy atom. The van der Waals surface area contributed by atoms with Crippen LogP contribution >= 0.6 is 0 Å². The molecule has 0 unspecified atom stereocenters. The van der Waals surface area contributed by atoms with Crippen LogP contribution < -0.4 is 5.73 Å². The molecule has 2 N–H and O–H groups in total. The Bertz CT molecular complexity index is 492. The third kappa shape index (κ3) is 2.02. The van der Waals surface area contributed by atoms with Crippen molar-refractivity contribution in [2.45, 2.75) is 26.3 Å². The van der Waals surface area contributed by atoms with Crippen LogP contribution in [0.5, 0.6) is 0 Å². The number of benzene rings is 2. The lowest BCUT2D eigenvalue weighted by molar-refractivity contribution is 0.555. The van der Waals surface area contributed by atoms with Crippen LogP contribution in [-0.4, -0.2) is 0 Å². The van der Waals surface area contributed by atoms with E-state index >= 15 is 0 Å². The van der Waals surface area contributed by atoms with E-state index in [1.54, 1.807) is 0 Å². The third-order valence-electron chi connectivity index (χ3n) is 2.74. The monoisotopic (exact) mass is 199 g/mol. The summed E-state index contributed by atoms with van der Waals surface area (Å²) in [5.41, 5.74) is 8.29. The zero-order chi connectivity index (χ0) is 11.1. The number of hydrogen-bond donors (Lipinski definition) is 1.